The minimum absolute atomic E-state index is 0.928. The third kappa shape index (κ3) is 3.36. The van der Waals surface area contributed by atoms with Crippen molar-refractivity contribution in [2.24, 2.45) is 0 Å². The maximum atomic E-state index is 5.82. The smallest absolute Gasteiger partial charge is 0.0207 e. The van der Waals surface area contributed by atoms with Gasteiger partial charge in [0.2, 0.25) is 0 Å². The first-order valence-corrected chi connectivity index (χ1v) is 3.58. The predicted octanol–water partition coefficient (Wildman–Crippen LogP) is 3.49. The monoisotopic (exact) mass is 144 g/mol. The highest BCUT2D eigenvalue weighted by atomic mass is 35.5. The Morgan fingerprint density at radius 3 is 2.44 bits per heavy atom. The quantitative estimate of drug-likeness (QED) is 0.521. The number of halogens is 1. The Bertz CT molecular complexity index is 132. The minimum Gasteiger partial charge on any atom is -0.0889 e. The highest BCUT2D eigenvalue weighted by Gasteiger charge is 1.89. The van der Waals surface area contributed by atoms with Crippen LogP contribution in [0.4, 0.5) is 0 Å². The molecule has 0 saturated heterocycles. The first kappa shape index (κ1) is 8.77. The van der Waals surface area contributed by atoms with Crippen molar-refractivity contribution in [2.45, 2.75) is 27.2 Å². The van der Waals surface area contributed by atoms with E-state index in [-0.39, 0.29) is 0 Å². The van der Waals surface area contributed by atoms with E-state index in [1.165, 1.54) is 5.57 Å². The van der Waals surface area contributed by atoms with Gasteiger partial charge in [-0.2, -0.15) is 0 Å². The zero-order valence-corrected chi connectivity index (χ0v) is 7.00. The van der Waals surface area contributed by atoms with Crippen molar-refractivity contribution in [3.05, 3.63) is 22.8 Å². The van der Waals surface area contributed by atoms with Gasteiger partial charge >= 0.3 is 0 Å². The molecule has 0 aliphatic heterocycles. The first-order chi connectivity index (χ1) is 4.22. The van der Waals surface area contributed by atoms with Crippen molar-refractivity contribution in [1.82, 2.24) is 0 Å². The molecule has 1 heteroatoms. The fraction of sp³-hybridized carbons (Fsp3) is 0.500. The van der Waals surface area contributed by atoms with Gasteiger partial charge in [0, 0.05) is 5.03 Å². The SMILES string of the molecule is C/C=C/C(C)=C(/Cl)CC. The first-order valence-electron chi connectivity index (χ1n) is 3.20. The predicted molar refractivity (Wildman–Crippen MR) is 43.7 cm³/mol. The van der Waals surface area contributed by atoms with E-state index in [1.54, 1.807) is 0 Å². The average molecular weight is 145 g/mol. The summed E-state index contributed by atoms with van der Waals surface area (Å²) in [5, 5.41) is 0.952. The Labute approximate surface area is 62.2 Å². The van der Waals surface area contributed by atoms with Crippen LogP contribution in [-0.2, 0) is 0 Å². The lowest BCUT2D eigenvalue weighted by molar-refractivity contribution is 1.16. The van der Waals surface area contributed by atoms with Crippen LogP contribution in [0.3, 0.4) is 0 Å². The molecule has 0 aromatic heterocycles. The molecule has 0 heterocycles. The molecule has 9 heavy (non-hydrogen) atoms. The Morgan fingerprint density at radius 1 is 1.56 bits per heavy atom. The van der Waals surface area contributed by atoms with Crippen molar-refractivity contribution in [1.29, 1.82) is 0 Å². The number of allylic oxidation sites excluding steroid dienone is 4. The van der Waals surface area contributed by atoms with Gasteiger partial charge in [-0.1, -0.05) is 30.7 Å². The minimum atomic E-state index is 0.928. The molecular weight excluding hydrogens is 132 g/mol. The highest BCUT2D eigenvalue weighted by Crippen LogP contribution is 2.13. The van der Waals surface area contributed by atoms with Crippen molar-refractivity contribution < 1.29 is 0 Å². The Balaban J connectivity index is 4.10. The standard InChI is InChI=1S/C8H13Cl/c1-4-6-7(3)8(9)5-2/h4,6H,5H2,1-3H3/b6-4+,8-7+. The van der Waals surface area contributed by atoms with Gasteiger partial charge in [0.1, 0.15) is 0 Å². The van der Waals surface area contributed by atoms with Crippen LogP contribution in [0, 0.1) is 0 Å². The third-order valence-corrected chi connectivity index (χ3v) is 1.72. The maximum absolute atomic E-state index is 5.82. The summed E-state index contributed by atoms with van der Waals surface area (Å²) < 4.78 is 0. The third-order valence-electron chi connectivity index (χ3n) is 1.15. The van der Waals surface area contributed by atoms with Crippen LogP contribution >= 0.6 is 11.6 Å². The van der Waals surface area contributed by atoms with Crippen LogP contribution in [0.2, 0.25) is 0 Å². The van der Waals surface area contributed by atoms with Gasteiger partial charge < -0.3 is 0 Å². The van der Waals surface area contributed by atoms with E-state index in [0.717, 1.165) is 11.5 Å². The number of hydrogen-bond donors (Lipinski definition) is 0. The van der Waals surface area contributed by atoms with E-state index in [0.29, 0.717) is 0 Å². The highest BCUT2D eigenvalue weighted by molar-refractivity contribution is 6.30. The van der Waals surface area contributed by atoms with Gasteiger partial charge in [-0.05, 0) is 25.8 Å². The summed E-state index contributed by atoms with van der Waals surface area (Å²) in [5.74, 6) is 0. The number of rotatable bonds is 2. The molecule has 0 spiro atoms. The van der Waals surface area contributed by atoms with Crippen molar-refractivity contribution >= 4 is 11.6 Å². The summed E-state index contributed by atoms with van der Waals surface area (Å²) in [6.45, 7) is 6.06. The van der Waals surface area contributed by atoms with E-state index >= 15 is 0 Å². The summed E-state index contributed by atoms with van der Waals surface area (Å²) in [5.41, 5.74) is 1.17. The molecule has 0 rings (SSSR count). The molecule has 0 saturated carbocycles. The molecular formula is C8H13Cl. The summed E-state index contributed by atoms with van der Waals surface area (Å²) >= 11 is 5.82. The molecule has 0 radical (unpaired) electrons. The second kappa shape index (κ2) is 4.63. The van der Waals surface area contributed by atoms with Crippen LogP contribution < -0.4 is 0 Å². The van der Waals surface area contributed by atoms with Gasteiger partial charge in [0.05, 0.1) is 0 Å². The lowest BCUT2D eigenvalue weighted by Gasteiger charge is -1.94. The van der Waals surface area contributed by atoms with Gasteiger partial charge in [-0.3, -0.25) is 0 Å². The maximum Gasteiger partial charge on any atom is 0.0207 e. The summed E-state index contributed by atoms with van der Waals surface area (Å²) in [6, 6.07) is 0. The Morgan fingerprint density at radius 2 is 2.11 bits per heavy atom. The molecule has 0 aliphatic rings. The zero-order valence-electron chi connectivity index (χ0n) is 6.24. The van der Waals surface area contributed by atoms with Crippen molar-refractivity contribution in [2.75, 3.05) is 0 Å². The van der Waals surface area contributed by atoms with E-state index in [4.69, 9.17) is 11.6 Å². The van der Waals surface area contributed by atoms with E-state index in [9.17, 15) is 0 Å². The zero-order chi connectivity index (χ0) is 7.28. The van der Waals surface area contributed by atoms with Gasteiger partial charge in [0.25, 0.3) is 0 Å². The fourth-order valence-corrected chi connectivity index (χ4v) is 0.682. The van der Waals surface area contributed by atoms with Crippen molar-refractivity contribution in [3.63, 3.8) is 0 Å². The molecule has 52 valence electrons. The van der Waals surface area contributed by atoms with Crippen LogP contribution in [0.25, 0.3) is 0 Å². The lowest BCUT2D eigenvalue weighted by Crippen LogP contribution is -1.73. The molecule has 0 amide bonds. The molecule has 0 aromatic carbocycles. The lowest BCUT2D eigenvalue weighted by atomic mass is 10.2. The van der Waals surface area contributed by atoms with Crippen LogP contribution in [0.1, 0.15) is 27.2 Å². The molecule has 0 nitrogen and oxygen atoms in total. The normalized spacial score (nSPS) is 14.2. The molecule has 0 aliphatic carbocycles. The molecule has 0 fully saturated rings. The van der Waals surface area contributed by atoms with E-state index in [2.05, 4.69) is 6.92 Å². The van der Waals surface area contributed by atoms with Gasteiger partial charge in [-0.15, -0.1) is 0 Å². The summed E-state index contributed by atoms with van der Waals surface area (Å²) in [6.07, 6.45) is 4.94. The fourth-order valence-electron chi connectivity index (χ4n) is 0.619. The van der Waals surface area contributed by atoms with Crippen LogP contribution in [-0.4, -0.2) is 0 Å². The molecule has 0 aromatic rings. The largest absolute Gasteiger partial charge is 0.0889 e. The van der Waals surface area contributed by atoms with E-state index in [1.807, 2.05) is 26.0 Å². The molecule has 0 unspecified atom stereocenters. The molecule has 0 bridgehead atoms. The molecule has 0 N–H and O–H groups in total. The molecule has 0 atom stereocenters. The second-order valence-corrected chi connectivity index (χ2v) is 2.40. The van der Waals surface area contributed by atoms with Crippen LogP contribution in [0.5, 0.6) is 0 Å². The van der Waals surface area contributed by atoms with E-state index < -0.39 is 0 Å². The number of hydrogen-bond acceptors (Lipinski definition) is 0. The van der Waals surface area contributed by atoms with Gasteiger partial charge in [-0.25, -0.2) is 0 Å². The Hall–Kier alpha value is -0.230. The topological polar surface area (TPSA) is 0 Å². The van der Waals surface area contributed by atoms with Crippen molar-refractivity contribution in [3.8, 4) is 0 Å². The second-order valence-electron chi connectivity index (χ2n) is 1.94. The Kier molecular flexibility index (Phi) is 4.51. The summed E-state index contributed by atoms with van der Waals surface area (Å²) in [7, 11) is 0. The van der Waals surface area contributed by atoms with Gasteiger partial charge in [0.15, 0.2) is 0 Å². The summed E-state index contributed by atoms with van der Waals surface area (Å²) in [4.78, 5) is 0. The average Bonchev–Trinajstić information content (AvgIpc) is 1.87. The van der Waals surface area contributed by atoms with Crippen LogP contribution in [0.15, 0.2) is 22.8 Å².